The number of esters is 1. The third kappa shape index (κ3) is 8.47. The molecule has 5 aromatic rings. The number of hydrogen-bond donors (Lipinski definition) is 0. The molecular weight excluding hydrogens is 659 g/mol. The number of benzene rings is 4. The van der Waals surface area contributed by atoms with Crippen molar-refractivity contribution in [3.8, 4) is 5.75 Å². The second kappa shape index (κ2) is 15.5. The molecule has 2 aliphatic heterocycles. The van der Waals surface area contributed by atoms with Gasteiger partial charge in [0.1, 0.15) is 23.0 Å². The predicted octanol–water partition coefficient (Wildman–Crippen LogP) is 8.68. The standard InChI is InChI=1S/C21H18O5.C19H23ClN2.ClH/c1-21(2,26-20(23)13-6-4-3-5-7-13)18-11-15-10-14-8-9-19(22)25-16(14)12-17(15)24-18;1-21(2)12-5-13-22-18-7-4-3-6-15(18)8-9-16-10-11-17(20)14-19(16)22;/h3-10,12,18H,11H2,1-2H3;3-4,6-7,10-11,14H,5,8-9,12-13H2,1-2H3;1H. The quantitative estimate of drug-likeness (QED) is 0.124. The molecule has 0 fully saturated rings. The molecule has 0 radical (unpaired) electrons. The van der Waals surface area contributed by atoms with Crippen LogP contribution < -0.4 is 15.3 Å². The van der Waals surface area contributed by atoms with Gasteiger partial charge in [-0.25, -0.2) is 9.59 Å². The first-order valence-corrected chi connectivity index (χ1v) is 16.8. The maximum atomic E-state index is 12.4. The van der Waals surface area contributed by atoms with Gasteiger partial charge in [-0.2, -0.15) is 0 Å². The molecule has 49 heavy (non-hydrogen) atoms. The summed E-state index contributed by atoms with van der Waals surface area (Å²) in [7, 11) is 4.25. The second-order valence-electron chi connectivity index (χ2n) is 13.1. The molecule has 7 nitrogen and oxygen atoms in total. The minimum atomic E-state index is -0.820. The van der Waals surface area contributed by atoms with E-state index in [0.717, 1.165) is 48.3 Å². The summed E-state index contributed by atoms with van der Waals surface area (Å²) in [5, 5.41) is 1.66. The average molecular weight is 702 g/mol. The van der Waals surface area contributed by atoms with Gasteiger partial charge in [-0.05, 0) is 113 Å². The fourth-order valence-electron chi connectivity index (χ4n) is 6.30. The summed E-state index contributed by atoms with van der Waals surface area (Å²) in [5.41, 5.74) is 6.20. The zero-order chi connectivity index (χ0) is 33.8. The van der Waals surface area contributed by atoms with Crippen LogP contribution in [0.15, 0.2) is 106 Å². The molecule has 3 heterocycles. The van der Waals surface area contributed by atoms with Gasteiger partial charge in [-0.1, -0.05) is 54.1 Å². The molecule has 4 aromatic carbocycles. The Morgan fingerprint density at radius 1 is 0.898 bits per heavy atom. The van der Waals surface area contributed by atoms with E-state index >= 15 is 0 Å². The lowest BCUT2D eigenvalue weighted by Gasteiger charge is -2.30. The number of para-hydroxylation sites is 1. The Bertz CT molecular complexity index is 1980. The molecule has 7 rings (SSSR count). The number of carbonyl (C=O) groups is 1. The number of aryl methyl sites for hydroxylation is 2. The summed E-state index contributed by atoms with van der Waals surface area (Å²) in [6.45, 7) is 5.78. The van der Waals surface area contributed by atoms with Crippen molar-refractivity contribution in [1.29, 1.82) is 0 Å². The Hall–Kier alpha value is -4.30. The summed E-state index contributed by atoms with van der Waals surface area (Å²) in [6.07, 6.45) is 3.59. The van der Waals surface area contributed by atoms with Crippen molar-refractivity contribution in [2.45, 2.75) is 51.2 Å². The molecule has 1 atom stereocenters. The number of fused-ring (bicyclic) bond motifs is 4. The Balaban J connectivity index is 0.000000190. The smallest absolute Gasteiger partial charge is 0.338 e. The zero-order valence-corrected chi connectivity index (χ0v) is 29.9. The summed E-state index contributed by atoms with van der Waals surface area (Å²) in [4.78, 5) is 28.5. The fourth-order valence-corrected chi connectivity index (χ4v) is 6.47. The summed E-state index contributed by atoms with van der Waals surface area (Å²) < 4.78 is 16.9. The molecule has 1 unspecified atom stereocenters. The van der Waals surface area contributed by atoms with Gasteiger partial charge >= 0.3 is 11.6 Å². The molecule has 1 aromatic heterocycles. The van der Waals surface area contributed by atoms with E-state index in [0.29, 0.717) is 23.3 Å². The molecule has 256 valence electrons. The van der Waals surface area contributed by atoms with Crippen molar-refractivity contribution in [2.75, 3.05) is 32.1 Å². The first-order valence-electron chi connectivity index (χ1n) is 16.4. The van der Waals surface area contributed by atoms with Crippen molar-refractivity contribution in [1.82, 2.24) is 4.90 Å². The fraction of sp³-hybridized carbons (Fsp3) is 0.300. The third-order valence-corrected chi connectivity index (χ3v) is 9.12. The Kier molecular flexibility index (Phi) is 11.4. The molecular formula is C40H42Cl2N2O5. The normalized spacial score (nSPS) is 14.7. The van der Waals surface area contributed by atoms with Crippen LogP contribution in [-0.2, 0) is 24.0 Å². The second-order valence-corrected chi connectivity index (χ2v) is 13.6. The van der Waals surface area contributed by atoms with E-state index in [-0.39, 0.29) is 24.5 Å². The molecule has 9 heteroatoms. The molecule has 0 N–H and O–H groups in total. The van der Waals surface area contributed by atoms with Gasteiger partial charge in [-0.3, -0.25) is 0 Å². The van der Waals surface area contributed by atoms with Gasteiger partial charge in [0, 0.05) is 46.9 Å². The van der Waals surface area contributed by atoms with Crippen LogP contribution in [0.5, 0.6) is 5.75 Å². The monoisotopic (exact) mass is 700 g/mol. The Morgan fingerprint density at radius 3 is 2.37 bits per heavy atom. The highest BCUT2D eigenvalue weighted by molar-refractivity contribution is 6.30. The van der Waals surface area contributed by atoms with Crippen LogP contribution in [0.4, 0.5) is 11.4 Å². The predicted molar refractivity (Wildman–Crippen MR) is 199 cm³/mol. The van der Waals surface area contributed by atoms with Crippen LogP contribution in [-0.4, -0.2) is 49.8 Å². The average Bonchev–Trinajstić information content (AvgIpc) is 3.43. The lowest BCUT2D eigenvalue weighted by molar-refractivity contribution is -0.0517. The molecule has 0 bridgehead atoms. The first-order chi connectivity index (χ1) is 23.1. The maximum Gasteiger partial charge on any atom is 0.338 e. The molecule has 0 saturated carbocycles. The van der Waals surface area contributed by atoms with Crippen molar-refractivity contribution in [2.24, 2.45) is 0 Å². The van der Waals surface area contributed by atoms with Gasteiger partial charge in [0.15, 0.2) is 0 Å². The summed E-state index contributed by atoms with van der Waals surface area (Å²) in [5.74, 6) is 0.270. The number of anilines is 2. The number of hydrogen-bond acceptors (Lipinski definition) is 7. The van der Waals surface area contributed by atoms with Crippen LogP contribution in [0.25, 0.3) is 11.0 Å². The van der Waals surface area contributed by atoms with Crippen LogP contribution in [0.1, 0.15) is 47.3 Å². The number of carbonyl (C=O) groups excluding carboxylic acids is 1. The lowest BCUT2D eigenvalue weighted by atomic mass is 9.96. The van der Waals surface area contributed by atoms with E-state index in [9.17, 15) is 9.59 Å². The zero-order valence-electron chi connectivity index (χ0n) is 28.3. The van der Waals surface area contributed by atoms with Gasteiger partial charge in [0.2, 0.25) is 0 Å². The van der Waals surface area contributed by atoms with Gasteiger partial charge in [0.25, 0.3) is 0 Å². The van der Waals surface area contributed by atoms with Crippen LogP contribution in [0.3, 0.4) is 0 Å². The topological polar surface area (TPSA) is 72.2 Å². The molecule has 0 aliphatic carbocycles. The van der Waals surface area contributed by atoms with Crippen LogP contribution >= 0.6 is 24.0 Å². The van der Waals surface area contributed by atoms with E-state index in [1.54, 1.807) is 36.4 Å². The number of halogens is 2. The molecule has 0 spiro atoms. The van der Waals surface area contributed by atoms with Crippen LogP contribution in [0, 0.1) is 0 Å². The Morgan fingerprint density at radius 2 is 1.61 bits per heavy atom. The molecule has 2 aliphatic rings. The number of nitrogens with zero attached hydrogens (tertiary/aromatic N) is 2. The Labute approximate surface area is 298 Å². The molecule has 0 amide bonds. The minimum absolute atomic E-state index is 0. The van der Waals surface area contributed by atoms with Gasteiger partial charge in [0.05, 0.1) is 5.56 Å². The van der Waals surface area contributed by atoms with E-state index in [4.69, 9.17) is 25.5 Å². The largest absolute Gasteiger partial charge is 0.485 e. The minimum Gasteiger partial charge on any atom is -0.485 e. The highest BCUT2D eigenvalue weighted by atomic mass is 35.5. The van der Waals surface area contributed by atoms with Gasteiger partial charge < -0.3 is 23.7 Å². The van der Waals surface area contributed by atoms with Crippen molar-refractivity contribution < 1.29 is 18.7 Å². The van der Waals surface area contributed by atoms with Crippen molar-refractivity contribution in [3.05, 3.63) is 135 Å². The third-order valence-electron chi connectivity index (χ3n) is 8.89. The van der Waals surface area contributed by atoms with Crippen molar-refractivity contribution in [3.63, 3.8) is 0 Å². The number of rotatable bonds is 7. The number of ether oxygens (including phenoxy) is 2. The first kappa shape index (κ1) is 36.0. The maximum absolute atomic E-state index is 12.4. The summed E-state index contributed by atoms with van der Waals surface area (Å²) in [6, 6.07) is 30.8. The van der Waals surface area contributed by atoms with Crippen LogP contribution in [0.2, 0.25) is 5.02 Å². The van der Waals surface area contributed by atoms with E-state index < -0.39 is 11.2 Å². The highest BCUT2D eigenvalue weighted by Crippen LogP contribution is 2.39. The van der Waals surface area contributed by atoms with E-state index in [1.165, 1.54) is 28.6 Å². The SMILES string of the molecule is CC(C)(OC(=O)c1ccccc1)C1Cc2cc3ccc(=O)oc3cc2O1.CN(C)CCCN1c2ccccc2CCc2ccc(Cl)cc21.Cl. The van der Waals surface area contributed by atoms with E-state index in [2.05, 4.69) is 60.3 Å². The highest BCUT2D eigenvalue weighted by Gasteiger charge is 2.40. The van der Waals surface area contributed by atoms with E-state index in [1.807, 2.05) is 32.0 Å². The van der Waals surface area contributed by atoms with Crippen molar-refractivity contribution >= 4 is 52.3 Å². The lowest BCUT2D eigenvalue weighted by Crippen LogP contribution is -2.43. The molecule has 0 saturated heterocycles. The van der Waals surface area contributed by atoms with Gasteiger partial charge in [-0.15, -0.1) is 12.4 Å². The summed E-state index contributed by atoms with van der Waals surface area (Å²) >= 11 is 6.27.